The lowest BCUT2D eigenvalue weighted by molar-refractivity contribution is -0.149. The van der Waals surface area contributed by atoms with Gasteiger partial charge in [0.1, 0.15) is 5.82 Å². The number of rotatable bonds is 4. The molecule has 1 saturated carbocycles. The minimum Gasteiger partial charge on any atom is -0.469 e. The molecule has 2 rings (SSSR count). The fraction of sp³-hybridized carbons (Fsp3) is 0.462. The van der Waals surface area contributed by atoms with Gasteiger partial charge in [0.25, 0.3) is 0 Å². The van der Waals surface area contributed by atoms with Crippen molar-refractivity contribution in [2.75, 3.05) is 24.7 Å². The van der Waals surface area contributed by atoms with Crippen LogP contribution >= 0.6 is 0 Å². The van der Waals surface area contributed by atoms with Gasteiger partial charge in [-0.05, 0) is 37.0 Å². The van der Waals surface area contributed by atoms with Gasteiger partial charge in [-0.25, -0.2) is 4.39 Å². The maximum absolute atomic E-state index is 12.8. The summed E-state index contributed by atoms with van der Waals surface area (Å²) in [6, 6.07) is 4.29. The molecule has 1 aliphatic rings. The van der Waals surface area contributed by atoms with Crippen LogP contribution in [0.4, 0.5) is 15.8 Å². The van der Waals surface area contributed by atoms with Crippen LogP contribution in [-0.2, 0) is 9.53 Å². The van der Waals surface area contributed by atoms with E-state index in [1.807, 2.05) is 0 Å². The van der Waals surface area contributed by atoms with Crippen LogP contribution in [0.5, 0.6) is 0 Å². The van der Waals surface area contributed by atoms with Crippen molar-refractivity contribution in [3.05, 3.63) is 24.0 Å². The molecule has 1 aromatic rings. The summed E-state index contributed by atoms with van der Waals surface area (Å²) in [5.41, 5.74) is 6.82. The number of esters is 1. The van der Waals surface area contributed by atoms with E-state index in [0.29, 0.717) is 11.6 Å². The Morgan fingerprint density at radius 2 is 2.28 bits per heavy atom. The second-order valence-electron chi connectivity index (χ2n) is 4.67. The number of nitrogen functional groups attached to an aromatic ring is 1. The summed E-state index contributed by atoms with van der Waals surface area (Å²) in [7, 11) is 1.41. The van der Waals surface area contributed by atoms with Crippen molar-refractivity contribution in [1.29, 1.82) is 0 Å². The van der Waals surface area contributed by atoms with Crippen LogP contribution in [0.15, 0.2) is 18.2 Å². The number of nitrogens with two attached hydrogens (primary N) is 1. The molecule has 4 nitrogen and oxygen atoms in total. The first-order chi connectivity index (χ1) is 8.60. The summed E-state index contributed by atoms with van der Waals surface area (Å²) in [5, 5.41) is 3.18. The monoisotopic (exact) mass is 252 g/mol. The highest BCUT2D eigenvalue weighted by atomic mass is 19.1. The SMILES string of the molecule is COC(=O)[C@H]1C[C@H](CNc2ccc(F)cc2N)C1. The third-order valence-electron chi connectivity index (χ3n) is 3.37. The lowest BCUT2D eigenvalue weighted by atomic mass is 9.75. The number of nitrogens with one attached hydrogen (secondary N) is 1. The van der Waals surface area contributed by atoms with Gasteiger partial charge in [0.05, 0.1) is 24.4 Å². The van der Waals surface area contributed by atoms with Gasteiger partial charge in [-0.2, -0.15) is 0 Å². The van der Waals surface area contributed by atoms with E-state index in [9.17, 15) is 9.18 Å². The number of methoxy groups -OCH3 is 1. The zero-order chi connectivity index (χ0) is 13.1. The molecule has 0 heterocycles. The van der Waals surface area contributed by atoms with Gasteiger partial charge >= 0.3 is 5.97 Å². The summed E-state index contributed by atoms with van der Waals surface area (Å²) in [6.07, 6.45) is 1.67. The summed E-state index contributed by atoms with van der Waals surface area (Å²) >= 11 is 0. The summed E-state index contributed by atoms with van der Waals surface area (Å²) in [4.78, 5) is 11.2. The molecule has 98 valence electrons. The number of carbonyl (C=O) groups excluding carboxylic acids is 1. The van der Waals surface area contributed by atoms with Gasteiger partial charge in [0.2, 0.25) is 0 Å². The minimum atomic E-state index is -0.340. The Hall–Kier alpha value is -1.78. The van der Waals surface area contributed by atoms with E-state index < -0.39 is 0 Å². The molecule has 18 heavy (non-hydrogen) atoms. The fourth-order valence-electron chi connectivity index (χ4n) is 2.21. The van der Waals surface area contributed by atoms with Gasteiger partial charge in [0, 0.05) is 6.54 Å². The van der Waals surface area contributed by atoms with Crippen LogP contribution in [0.3, 0.4) is 0 Å². The van der Waals surface area contributed by atoms with Crippen molar-refractivity contribution >= 4 is 17.3 Å². The Morgan fingerprint density at radius 3 is 2.89 bits per heavy atom. The van der Waals surface area contributed by atoms with Crippen molar-refractivity contribution in [3.63, 3.8) is 0 Å². The number of anilines is 2. The molecule has 0 spiro atoms. The zero-order valence-electron chi connectivity index (χ0n) is 10.3. The van der Waals surface area contributed by atoms with E-state index in [1.165, 1.54) is 19.2 Å². The van der Waals surface area contributed by atoms with E-state index in [-0.39, 0.29) is 17.7 Å². The highest BCUT2D eigenvalue weighted by Gasteiger charge is 2.34. The van der Waals surface area contributed by atoms with Crippen molar-refractivity contribution in [2.45, 2.75) is 12.8 Å². The van der Waals surface area contributed by atoms with Crippen molar-refractivity contribution in [2.24, 2.45) is 11.8 Å². The zero-order valence-corrected chi connectivity index (χ0v) is 10.3. The molecule has 3 N–H and O–H groups in total. The molecule has 0 bridgehead atoms. The highest BCUT2D eigenvalue weighted by molar-refractivity contribution is 5.73. The topological polar surface area (TPSA) is 64.3 Å². The standard InChI is InChI=1S/C13H17FN2O2/c1-18-13(17)9-4-8(5-9)7-16-12-3-2-10(14)6-11(12)15/h2-3,6,8-9,16H,4-5,7,15H2,1H3/t8-,9-. The smallest absolute Gasteiger partial charge is 0.308 e. The number of hydrogen-bond donors (Lipinski definition) is 2. The molecular formula is C13H17FN2O2. The quantitative estimate of drug-likeness (QED) is 0.635. The van der Waals surface area contributed by atoms with Crippen LogP contribution in [-0.4, -0.2) is 19.6 Å². The largest absolute Gasteiger partial charge is 0.469 e. The molecule has 0 amide bonds. The molecule has 5 heteroatoms. The van der Waals surface area contributed by atoms with Crippen molar-refractivity contribution < 1.29 is 13.9 Å². The number of hydrogen-bond acceptors (Lipinski definition) is 4. The van der Waals surface area contributed by atoms with Gasteiger partial charge in [-0.1, -0.05) is 0 Å². The van der Waals surface area contributed by atoms with E-state index in [0.717, 1.165) is 25.1 Å². The summed E-state index contributed by atoms with van der Waals surface area (Å²) in [5.74, 6) is 0.00548. The van der Waals surface area contributed by atoms with E-state index in [1.54, 1.807) is 6.07 Å². The van der Waals surface area contributed by atoms with Crippen LogP contribution in [0.2, 0.25) is 0 Å². The normalized spacial score (nSPS) is 22.1. The Bertz CT molecular complexity index is 445. The van der Waals surface area contributed by atoms with Gasteiger partial charge in [-0.15, -0.1) is 0 Å². The maximum atomic E-state index is 12.8. The van der Waals surface area contributed by atoms with Crippen molar-refractivity contribution in [3.8, 4) is 0 Å². The molecule has 0 aromatic heterocycles. The lowest BCUT2D eigenvalue weighted by Gasteiger charge is -2.33. The van der Waals surface area contributed by atoms with Gasteiger partial charge in [-0.3, -0.25) is 4.79 Å². The van der Waals surface area contributed by atoms with Crippen LogP contribution in [0.1, 0.15) is 12.8 Å². The maximum Gasteiger partial charge on any atom is 0.308 e. The molecule has 0 radical (unpaired) electrons. The third kappa shape index (κ3) is 2.72. The average molecular weight is 252 g/mol. The second kappa shape index (κ2) is 5.25. The second-order valence-corrected chi connectivity index (χ2v) is 4.67. The Kier molecular flexibility index (Phi) is 3.69. The summed E-state index contributed by atoms with van der Waals surface area (Å²) < 4.78 is 17.5. The van der Waals surface area contributed by atoms with Crippen LogP contribution < -0.4 is 11.1 Å². The molecule has 0 atom stereocenters. The summed E-state index contributed by atoms with van der Waals surface area (Å²) in [6.45, 7) is 0.739. The molecule has 1 aliphatic carbocycles. The number of ether oxygens (including phenoxy) is 1. The average Bonchev–Trinajstić information content (AvgIpc) is 2.29. The lowest BCUT2D eigenvalue weighted by Crippen LogP contribution is -2.35. The molecular weight excluding hydrogens is 235 g/mol. The minimum absolute atomic E-state index is 0.0346. The van der Waals surface area contributed by atoms with E-state index in [2.05, 4.69) is 10.1 Å². The fourth-order valence-corrected chi connectivity index (χ4v) is 2.21. The molecule has 1 fully saturated rings. The van der Waals surface area contributed by atoms with Crippen molar-refractivity contribution in [1.82, 2.24) is 0 Å². The molecule has 0 saturated heterocycles. The first kappa shape index (κ1) is 12.7. The Balaban J connectivity index is 1.78. The molecule has 1 aromatic carbocycles. The molecule has 0 unspecified atom stereocenters. The van der Waals surface area contributed by atoms with E-state index in [4.69, 9.17) is 5.73 Å². The number of benzene rings is 1. The molecule has 0 aliphatic heterocycles. The van der Waals surface area contributed by atoms with Crippen LogP contribution in [0, 0.1) is 17.7 Å². The Morgan fingerprint density at radius 1 is 1.56 bits per heavy atom. The first-order valence-corrected chi connectivity index (χ1v) is 5.97. The predicted molar refractivity (Wildman–Crippen MR) is 67.5 cm³/mol. The highest BCUT2D eigenvalue weighted by Crippen LogP contribution is 2.34. The first-order valence-electron chi connectivity index (χ1n) is 5.97. The predicted octanol–water partition coefficient (Wildman–Crippen LogP) is 2.02. The van der Waals surface area contributed by atoms with Crippen LogP contribution in [0.25, 0.3) is 0 Å². The van der Waals surface area contributed by atoms with Gasteiger partial charge in [0.15, 0.2) is 0 Å². The van der Waals surface area contributed by atoms with Gasteiger partial charge < -0.3 is 15.8 Å². The third-order valence-corrected chi connectivity index (χ3v) is 3.37. The van der Waals surface area contributed by atoms with E-state index >= 15 is 0 Å². The number of carbonyl (C=O) groups is 1. The number of halogens is 1. The Labute approximate surface area is 105 Å².